The van der Waals surface area contributed by atoms with Crippen LogP contribution in [0.5, 0.6) is 0 Å². The van der Waals surface area contributed by atoms with E-state index in [0.29, 0.717) is 41.1 Å². The van der Waals surface area contributed by atoms with Crippen LogP contribution in [-0.4, -0.2) is 30.6 Å². The zero-order chi connectivity index (χ0) is 23.0. The minimum absolute atomic E-state index is 0.0684. The van der Waals surface area contributed by atoms with E-state index < -0.39 is 11.4 Å². The maximum Gasteiger partial charge on any atom is 0.267 e. The Kier molecular flexibility index (Phi) is 4.80. The van der Waals surface area contributed by atoms with E-state index in [1.165, 1.54) is 0 Å². The van der Waals surface area contributed by atoms with Gasteiger partial charge in [0.1, 0.15) is 17.1 Å². The van der Waals surface area contributed by atoms with Gasteiger partial charge in [-0.05, 0) is 49.2 Å². The Morgan fingerprint density at radius 1 is 1.12 bits per heavy atom. The van der Waals surface area contributed by atoms with Gasteiger partial charge in [-0.2, -0.15) is 15.6 Å². The molecule has 0 spiro atoms. The van der Waals surface area contributed by atoms with Crippen molar-refractivity contribution in [2.75, 3.05) is 0 Å². The summed E-state index contributed by atoms with van der Waals surface area (Å²) in [5.74, 6) is -0.685. The summed E-state index contributed by atoms with van der Waals surface area (Å²) < 4.78 is 1.79. The molecular formula is C24H18N8O. The van der Waals surface area contributed by atoms with Crippen LogP contribution in [0.25, 0.3) is 33.7 Å². The number of aromatic nitrogens is 5. The van der Waals surface area contributed by atoms with Crippen molar-refractivity contribution in [2.45, 2.75) is 24.8 Å². The number of fused-ring (bicyclic) bond motifs is 1. The van der Waals surface area contributed by atoms with Crippen LogP contribution in [0.15, 0.2) is 54.9 Å². The van der Waals surface area contributed by atoms with Crippen LogP contribution in [0.2, 0.25) is 0 Å². The predicted octanol–water partition coefficient (Wildman–Crippen LogP) is 3.20. The Balaban J connectivity index is 1.62. The van der Waals surface area contributed by atoms with Crippen molar-refractivity contribution in [3.05, 3.63) is 60.6 Å². The largest absolute Gasteiger partial charge is 0.364 e. The summed E-state index contributed by atoms with van der Waals surface area (Å²) in [7, 11) is 0. The highest BCUT2D eigenvalue weighted by atomic mass is 16.1. The average Bonchev–Trinajstić information content (AvgIpc) is 3.31. The highest BCUT2D eigenvalue weighted by Gasteiger charge is 2.46. The molecule has 1 amide bonds. The lowest BCUT2D eigenvalue weighted by molar-refractivity contribution is 0.0884. The number of pyridine rings is 3. The molecule has 33 heavy (non-hydrogen) atoms. The fourth-order valence-corrected chi connectivity index (χ4v) is 4.34. The van der Waals surface area contributed by atoms with Gasteiger partial charge < -0.3 is 5.73 Å². The third kappa shape index (κ3) is 3.46. The molecule has 0 bridgehead atoms. The van der Waals surface area contributed by atoms with Crippen LogP contribution in [0.4, 0.5) is 0 Å². The fraction of sp³-hybridized carbons (Fsp3) is 0.208. The Bertz CT molecular complexity index is 1470. The van der Waals surface area contributed by atoms with Crippen LogP contribution in [0, 0.1) is 28.6 Å². The van der Waals surface area contributed by atoms with Crippen molar-refractivity contribution in [1.29, 1.82) is 10.5 Å². The van der Waals surface area contributed by atoms with Crippen LogP contribution in [0.1, 0.15) is 29.8 Å². The van der Waals surface area contributed by atoms with Gasteiger partial charge in [-0.1, -0.05) is 6.07 Å². The van der Waals surface area contributed by atoms with Crippen molar-refractivity contribution < 1.29 is 4.79 Å². The number of rotatable bonds is 5. The molecule has 4 aromatic heterocycles. The molecule has 2 N–H and O–H groups in total. The van der Waals surface area contributed by atoms with Gasteiger partial charge in [-0.25, -0.2) is 9.97 Å². The molecule has 0 aliphatic heterocycles. The summed E-state index contributed by atoms with van der Waals surface area (Å²) in [5, 5.41) is 24.1. The summed E-state index contributed by atoms with van der Waals surface area (Å²) >= 11 is 0. The summed E-state index contributed by atoms with van der Waals surface area (Å²) in [6, 6.07) is 16.9. The molecule has 0 aromatic carbocycles. The maximum absolute atomic E-state index is 11.6. The predicted molar refractivity (Wildman–Crippen MR) is 119 cm³/mol. The first-order chi connectivity index (χ1) is 16.0. The minimum atomic E-state index is -0.617. The van der Waals surface area contributed by atoms with Gasteiger partial charge in [-0.15, -0.1) is 0 Å². The molecule has 0 saturated heterocycles. The van der Waals surface area contributed by atoms with E-state index in [4.69, 9.17) is 15.8 Å². The summed E-state index contributed by atoms with van der Waals surface area (Å²) in [6.07, 6.45) is 5.00. The van der Waals surface area contributed by atoms with Crippen LogP contribution >= 0.6 is 0 Å². The molecule has 4 aromatic rings. The van der Waals surface area contributed by atoms with Crippen molar-refractivity contribution in [2.24, 2.45) is 11.7 Å². The van der Waals surface area contributed by atoms with Gasteiger partial charge in [0, 0.05) is 17.8 Å². The van der Waals surface area contributed by atoms with Crippen molar-refractivity contribution >= 4 is 16.8 Å². The van der Waals surface area contributed by atoms with Gasteiger partial charge in [0.2, 0.25) is 0 Å². The standard InChI is InChI=1S/C24H18N8O/c25-8-7-24(12-15(13-24)14-26)32-10-6-18(31-32)22-16-3-2-9-28-20(16)11-21(30-22)17-4-1-5-19(29-17)23(27)33/h1-6,9-11,15H,7,12-13H2,(H2,27,33). The molecule has 0 radical (unpaired) electrons. The van der Waals surface area contributed by atoms with Crippen molar-refractivity contribution in [3.63, 3.8) is 0 Å². The number of hydrogen-bond acceptors (Lipinski definition) is 7. The second-order valence-electron chi connectivity index (χ2n) is 8.14. The minimum Gasteiger partial charge on any atom is -0.364 e. The van der Waals surface area contributed by atoms with Gasteiger partial charge >= 0.3 is 0 Å². The Morgan fingerprint density at radius 2 is 1.97 bits per heavy atom. The smallest absolute Gasteiger partial charge is 0.267 e. The topological polar surface area (TPSA) is 147 Å². The lowest BCUT2D eigenvalue weighted by Crippen LogP contribution is -2.46. The van der Waals surface area contributed by atoms with Crippen molar-refractivity contribution in [3.8, 4) is 34.9 Å². The van der Waals surface area contributed by atoms with Crippen LogP contribution in [0.3, 0.4) is 0 Å². The Morgan fingerprint density at radius 3 is 2.73 bits per heavy atom. The van der Waals surface area contributed by atoms with Gasteiger partial charge in [0.05, 0.1) is 46.9 Å². The van der Waals surface area contributed by atoms with E-state index in [-0.39, 0.29) is 18.0 Å². The number of nitrogens with zero attached hydrogens (tertiary/aromatic N) is 7. The quantitative estimate of drug-likeness (QED) is 0.507. The second kappa shape index (κ2) is 7.81. The zero-order valence-electron chi connectivity index (χ0n) is 17.5. The molecule has 9 heteroatoms. The number of amides is 1. The van der Waals surface area contributed by atoms with E-state index >= 15 is 0 Å². The van der Waals surface area contributed by atoms with Crippen LogP contribution in [-0.2, 0) is 5.54 Å². The van der Waals surface area contributed by atoms with Gasteiger partial charge in [0.25, 0.3) is 5.91 Å². The highest BCUT2D eigenvalue weighted by molar-refractivity contribution is 5.94. The molecule has 1 aliphatic rings. The summed E-state index contributed by atoms with van der Waals surface area (Å²) in [4.78, 5) is 25.2. The first-order valence-electron chi connectivity index (χ1n) is 10.4. The molecule has 1 fully saturated rings. The number of nitrogens with two attached hydrogens (primary N) is 1. The van der Waals surface area contributed by atoms with E-state index in [2.05, 4.69) is 22.1 Å². The van der Waals surface area contributed by atoms with Gasteiger partial charge in [0.15, 0.2) is 0 Å². The molecule has 1 saturated carbocycles. The molecule has 0 atom stereocenters. The lowest BCUT2D eigenvalue weighted by Gasteiger charge is -2.43. The molecular weight excluding hydrogens is 416 g/mol. The fourth-order valence-electron chi connectivity index (χ4n) is 4.34. The SMILES string of the molecule is N#CCC1(n2ccc(-c3nc(-c4cccc(C(N)=O)n4)cc4ncccc34)n2)CC(C#N)C1. The number of primary amides is 1. The van der Waals surface area contributed by atoms with E-state index in [1.807, 2.05) is 30.5 Å². The molecule has 1 aliphatic carbocycles. The Labute approximate surface area is 189 Å². The molecule has 5 rings (SSSR count). The van der Waals surface area contributed by atoms with Crippen molar-refractivity contribution in [1.82, 2.24) is 24.7 Å². The third-order valence-corrected chi connectivity index (χ3v) is 6.02. The number of nitriles is 2. The maximum atomic E-state index is 11.6. The third-order valence-electron chi connectivity index (χ3n) is 6.02. The van der Waals surface area contributed by atoms with Gasteiger partial charge in [-0.3, -0.25) is 14.5 Å². The molecule has 0 unspecified atom stereocenters. The first kappa shape index (κ1) is 20.3. The van der Waals surface area contributed by atoms with E-state index in [0.717, 1.165) is 5.39 Å². The molecule has 4 heterocycles. The zero-order valence-corrected chi connectivity index (χ0v) is 17.5. The molecule has 160 valence electrons. The summed E-state index contributed by atoms with van der Waals surface area (Å²) in [5.41, 5.74) is 8.04. The number of hydrogen-bond donors (Lipinski definition) is 1. The number of carbonyl (C=O) groups is 1. The average molecular weight is 434 g/mol. The normalized spacial score (nSPS) is 19.4. The Hall–Kier alpha value is -4.63. The highest BCUT2D eigenvalue weighted by Crippen LogP contribution is 2.46. The number of carbonyl (C=O) groups excluding carboxylic acids is 1. The van der Waals surface area contributed by atoms with E-state index in [9.17, 15) is 15.3 Å². The lowest BCUT2D eigenvalue weighted by atomic mass is 9.67. The first-order valence-corrected chi connectivity index (χ1v) is 10.4. The van der Waals surface area contributed by atoms with Crippen LogP contribution < -0.4 is 5.73 Å². The monoisotopic (exact) mass is 434 g/mol. The summed E-state index contributed by atoms with van der Waals surface area (Å²) in [6.45, 7) is 0. The molecule has 9 nitrogen and oxygen atoms in total. The van der Waals surface area contributed by atoms with E-state index in [1.54, 1.807) is 29.1 Å². The second-order valence-corrected chi connectivity index (χ2v) is 8.14.